The minimum atomic E-state index is -0.345. The Morgan fingerprint density at radius 2 is 2.00 bits per heavy atom. The molecule has 0 spiro atoms. The molecular formula is C20H23FN4O3. The molecule has 2 amide bonds. The fourth-order valence-corrected chi connectivity index (χ4v) is 3.19. The van der Waals surface area contributed by atoms with Crippen molar-refractivity contribution in [2.75, 3.05) is 13.1 Å². The van der Waals surface area contributed by atoms with Gasteiger partial charge in [0.15, 0.2) is 5.82 Å². The van der Waals surface area contributed by atoms with Crippen molar-refractivity contribution in [3.05, 3.63) is 47.7 Å². The Hall–Kier alpha value is -3.03. The summed E-state index contributed by atoms with van der Waals surface area (Å²) in [4.78, 5) is 34.4. The smallest absolute Gasteiger partial charge is 0.242 e. The average molecular weight is 386 g/mol. The molecule has 0 saturated carbocycles. The van der Waals surface area contributed by atoms with E-state index in [2.05, 4.69) is 15.3 Å². The van der Waals surface area contributed by atoms with E-state index < -0.39 is 0 Å². The Labute approximate surface area is 162 Å². The van der Waals surface area contributed by atoms with E-state index in [9.17, 15) is 14.0 Å². The molecule has 0 aliphatic carbocycles. The zero-order chi connectivity index (χ0) is 20.1. The highest BCUT2D eigenvalue weighted by Gasteiger charge is 2.30. The van der Waals surface area contributed by atoms with Crippen molar-refractivity contribution >= 4 is 11.8 Å². The Bertz CT molecular complexity index is 857. The van der Waals surface area contributed by atoms with Crippen molar-refractivity contribution < 1.29 is 18.7 Å². The maximum Gasteiger partial charge on any atom is 0.242 e. The highest BCUT2D eigenvalue weighted by atomic mass is 19.1. The van der Waals surface area contributed by atoms with Gasteiger partial charge < -0.3 is 15.0 Å². The van der Waals surface area contributed by atoms with Crippen LogP contribution in [0.2, 0.25) is 0 Å². The van der Waals surface area contributed by atoms with E-state index in [4.69, 9.17) is 4.74 Å². The lowest BCUT2D eigenvalue weighted by Crippen LogP contribution is -2.44. The molecule has 3 rings (SSSR count). The summed E-state index contributed by atoms with van der Waals surface area (Å²) in [5.74, 6) is 0.562. The molecule has 2 aromatic rings. The van der Waals surface area contributed by atoms with Crippen LogP contribution in [0, 0.1) is 12.7 Å². The molecule has 1 aromatic carbocycles. The molecule has 1 N–H and O–H groups in total. The number of ether oxygens (including phenoxy) is 1. The second-order valence-corrected chi connectivity index (χ2v) is 6.77. The molecule has 1 atom stereocenters. The van der Waals surface area contributed by atoms with Crippen LogP contribution in [0.3, 0.4) is 0 Å². The lowest BCUT2D eigenvalue weighted by molar-refractivity contribution is -0.136. The van der Waals surface area contributed by atoms with Crippen molar-refractivity contribution in [2.24, 2.45) is 0 Å². The predicted molar refractivity (Wildman–Crippen MR) is 100 cm³/mol. The minimum Gasteiger partial charge on any atom is -0.439 e. The summed E-state index contributed by atoms with van der Waals surface area (Å²) in [5, 5.41) is 2.55. The third-order valence-electron chi connectivity index (χ3n) is 4.49. The Morgan fingerprint density at radius 1 is 1.25 bits per heavy atom. The van der Waals surface area contributed by atoms with Crippen LogP contribution in [0.5, 0.6) is 11.6 Å². The van der Waals surface area contributed by atoms with Gasteiger partial charge in [-0.15, -0.1) is 0 Å². The summed E-state index contributed by atoms with van der Waals surface area (Å²) in [6.45, 7) is 3.75. The van der Waals surface area contributed by atoms with E-state index in [0.717, 1.165) is 19.3 Å². The largest absolute Gasteiger partial charge is 0.439 e. The third kappa shape index (κ3) is 5.03. The van der Waals surface area contributed by atoms with Crippen LogP contribution in [0.1, 0.15) is 43.7 Å². The summed E-state index contributed by atoms with van der Waals surface area (Å²) in [5.41, 5.74) is 0.710. The van der Waals surface area contributed by atoms with Gasteiger partial charge in [-0.25, -0.2) is 9.37 Å². The Morgan fingerprint density at radius 3 is 2.71 bits per heavy atom. The fraction of sp³-hybridized carbons (Fsp3) is 0.400. The maximum atomic E-state index is 13.1. The number of nitrogens with zero attached hydrogens (tertiary/aromatic N) is 3. The molecule has 7 nitrogen and oxygen atoms in total. The lowest BCUT2D eigenvalue weighted by atomic mass is 10.0. The molecule has 1 unspecified atom stereocenters. The van der Waals surface area contributed by atoms with Crippen LogP contribution in [-0.2, 0) is 9.59 Å². The zero-order valence-corrected chi connectivity index (χ0v) is 15.9. The number of aromatic nitrogens is 2. The number of rotatable bonds is 5. The Kier molecular flexibility index (Phi) is 6.18. The van der Waals surface area contributed by atoms with Crippen molar-refractivity contribution in [3.63, 3.8) is 0 Å². The third-order valence-corrected chi connectivity index (χ3v) is 4.49. The topological polar surface area (TPSA) is 84.4 Å². The number of likely N-dealkylation sites (tertiary alicyclic amines) is 1. The summed E-state index contributed by atoms with van der Waals surface area (Å²) in [6, 6.07) is 7.10. The number of hydrogen-bond acceptors (Lipinski definition) is 5. The molecule has 1 aliphatic heterocycles. The quantitative estimate of drug-likeness (QED) is 0.854. The van der Waals surface area contributed by atoms with E-state index in [1.165, 1.54) is 31.2 Å². The summed E-state index contributed by atoms with van der Waals surface area (Å²) in [6.07, 6.45) is 2.60. The first-order valence-electron chi connectivity index (χ1n) is 9.25. The van der Waals surface area contributed by atoms with Gasteiger partial charge in [-0.3, -0.25) is 9.59 Å². The van der Waals surface area contributed by atoms with Crippen molar-refractivity contribution in [2.45, 2.75) is 39.2 Å². The molecule has 8 heteroatoms. The number of hydrogen-bond donors (Lipinski definition) is 1. The van der Waals surface area contributed by atoms with Gasteiger partial charge in [-0.1, -0.05) is 0 Å². The van der Waals surface area contributed by atoms with Gasteiger partial charge in [-0.05, 0) is 50.5 Å². The Balaban J connectivity index is 1.81. The molecule has 1 aromatic heterocycles. The van der Waals surface area contributed by atoms with Gasteiger partial charge in [0.05, 0.1) is 12.6 Å². The standard InChI is InChI=1S/C20H23FN4O3/c1-13-11-18(28-16-8-6-15(21)7-9-16)24-20(23-13)17-5-3-4-10-25(17)19(27)12-22-14(2)26/h6-9,11,17H,3-5,10,12H2,1-2H3,(H,22,26). The zero-order valence-electron chi connectivity index (χ0n) is 15.9. The van der Waals surface area contributed by atoms with Gasteiger partial charge in [0.25, 0.3) is 0 Å². The summed E-state index contributed by atoms with van der Waals surface area (Å²) < 4.78 is 18.8. The first-order chi connectivity index (χ1) is 13.4. The number of carbonyl (C=O) groups is 2. The summed E-state index contributed by atoms with van der Waals surface area (Å²) >= 11 is 0. The number of amides is 2. The van der Waals surface area contributed by atoms with Crippen LogP contribution in [0.25, 0.3) is 0 Å². The van der Waals surface area contributed by atoms with E-state index in [1.807, 2.05) is 6.92 Å². The molecule has 1 fully saturated rings. The number of piperidine rings is 1. The lowest BCUT2D eigenvalue weighted by Gasteiger charge is -2.35. The average Bonchev–Trinajstić information content (AvgIpc) is 2.67. The molecule has 1 aliphatic rings. The van der Waals surface area contributed by atoms with Gasteiger partial charge in [0.1, 0.15) is 11.6 Å². The SMILES string of the molecule is CC(=O)NCC(=O)N1CCCCC1c1nc(C)cc(Oc2ccc(F)cc2)n1. The van der Waals surface area contributed by atoms with Gasteiger partial charge in [-0.2, -0.15) is 4.98 Å². The van der Waals surface area contributed by atoms with Crippen molar-refractivity contribution in [1.82, 2.24) is 20.2 Å². The fourth-order valence-electron chi connectivity index (χ4n) is 3.19. The number of aryl methyl sites for hydroxylation is 1. The molecule has 2 heterocycles. The molecule has 28 heavy (non-hydrogen) atoms. The minimum absolute atomic E-state index is 0.0451. The summed E-state index contributed by atoms with van der Waals surface area (Å²) in [7, 11) is 0. The molecule has 0 bridgehead atoms. The number of nitrogens with one attached hydrogen (secondary N) is 1. The van der Waals surface area contributed by atoms with Crippen LogP contribution >= 0.6 is 0 Å². The van der Waals surface area contributed by atoms with Crippen LogP contribution < -0.4 is 10.1 Å². The highest BCUT2D eigenvalue weighted by Crippen LogP contribution is 2.31. The van der Waals surface area contributed by atoms with E-state index in [-0.39, 0.29) is 30.2 Å². The predicted octanol–water partition coefficient (Wildman–Crippen LogP) is 2.91. The molecule has 1 saturated heterocycles. The highest BCUT2D eigenvalue weighted by molar-refractivity contribution is 5.84. The second-order valence-electron chi connectivity index (χ2n) is 6.77. The normalized spacial score (nSPS) is 16.5. The molecule has 0 radical (unpaired) electrons. The monoisotopic (exact) mass is 386 g/mol. The van der Waals surface area contributed by atoms with Crippen molar-refractivity contribution in [3.8, 4) is 11.6 Å². The van der Waals surface area contributed by atoms with Gasteiger partial charge in [0.2, 0.25) is 17.7 Å². The van der Waals surface area contributed by atoms with Crippen LogP contribution in [-0.4, -0.2) is 39.8 Å². The molecular weight excluding hydrogens is 363 g/mol. The number of benzene rings is 1. The van der Waals surface area contributed by atoms with Crippen LogP contribution in [0.4, 0.5) is 4.39 Å². The number of halogens is 1. The van der Waals surface area contributed by atoms with E-state index in [1.54, 1.807) is 11.0 Å². The van der Waals surface area contributed by atoms with Gasteiger partial charge >= 0.3 is 0 Å². The van der Waals surface area contributed by atoms with E-state index >= 15 is 0 Å². The maximum absolute atomic E-state index is 13.1. The molecule has 148 valence electrons. The van der Waals surface area contributed by atoms with Crippen LogP contribution in [0.15, 0.2) is 30.3 Å². The first-order valence-corrected chi connectivity index (χ1v) is 9.25. The first kappa shape index (κ1) is 19.7. The van der Waals surface area contributed by atoms with Crippen molar-refractivity contribution in [1.29, 1.82) is 0 Å². The van der Waals surface area contributed by atoms with Gasteiger partial charge in [0, 0.05) is 25.2 Å². The second kappa shape index (κ2) is 8.77. The number of carbonyl (C=O) groups excluding carboxylic acids is 2. The van der Waals surface area contributed by atoms with E-state index in [0.29, 0.717) is 29.7 Å².